The Morgan fingerprint density at radius 2 is 2.12 bits per heavy atom. The summed E-state index contributed by atoms with van der Waals surface area (Å²) in [6.45, 7) is 1.44. The average Bonchev–Trinajstić information content (AvgIpc) is 2.27. The van der Waals surface area contributed by atoms with E-state index >= 15 is 0 Å². The van der Waals surface area contributed by atoms with Gasteiger partial charge in [-0.2, -0.15) is 0 Å². The molecule has 1 heterocycles. The van der Waals surface area contributed by atoms with Gasteiger partial charge in [0.15, 0.2) is 6.10 Å². The molecular formula is C10H10BrNO4. The smallest absolute Gasteiger partial charge is 0.346 e. The van der Waals surface area contributed by atoms with E-state index in [4.69, 9.17) is 4.74 Å². The second kappa shape index (κ2) is 5.60. The number of hydrogen-bond acceptors (Lipinski definition) is 5. The van der Waals surface area contributed by atoms with Gasteiger partial charge in [-0.3, -0.25) is 4.98 Å². The first-order chi connectivity index (χ1) is 7.54. The lowest BCUT2D eigenvalue weighted by Gasteiger charge is -2.10. The number of hydrogen-bond donors (Lipinski definition) is 0. The van der Waals surface area contributed by atoms with Crippen LogP contribution in [0.4, 0.5) is 0 Å². The number of esters is 2. The van der Waals surface area contributed by atoms with Gasteiger partial charge < -0.3 is 9.47 Å². The molecule has 6 heteroatoms. The third-order valence-corrected chi connectivity index (χ3v) is 2.19. The summed E-state index contributed by atoms with van der Waals surface area (Å²) in [5.74, 6) is -1.22. The molecule has 0 N–H and O–H groups in total. The third-order valence-electron chi connectivity index (χ3n) is 1.76. The van der Waals surface area contributed by atoms with Gasteiger partial charge in [0.25, 0.3) is 0 Å². The Hall–Kier alpha value is -1.43. The van der Waals surface area contributed by atoms with E-state index in [1.54, 1.807) is 12.3 Å². The first-order valence-electron chi connectivity index (χ1n) is 4.44. The van der Waals surface area contributed by atoms with Crippen molar-refractivity contribution in [3.8, 4) is 0 Å². The van der Waals surface area contributed by atoms with Crippen LogP contribution in [0.5, 0.6) is 0 Å². The second-order valence-electron chi connectivity index (χ2n) is 2.96. The number of aromatic nitrogens is 1. The lowest BCUT2D eigenvalue weighted by Crippen LogP contribution is -2.25. The zero-order valence-corrected chi connectivity index (χ0v) is 10.4. The van der Waals surface area contributed by atoms with E-state index < -0.39 is 18.0 Å². The minimum atomic E-state index is -0.934. The van der Waals surface area contributed by atoms with Crippen molar-refractivity contribution >= 4 is 27.9 Å². The molecule has 0 aliphatic heterocycles. The Kier molecular flexibility index (Phi) is 4.42. The Labute approximate surface area is 101 Å². The molecule has 0 amide bonds. The molecule has 1 atom stereocenters. The molecule has 1 aromatic rings. The highest BCUT2D eigenvalue weighted by molar-refractivity contribution is 9.10. The standard InChI is InChI=1S/C10H10BrNO4/c1-6(9(13)15-2)16-10(14)7-3-8(11)5-12-4-7/h3-6H,1-2H3/t6-/m1/s1. The first-order valence-corrected chi connectivity index (χ1v) is 5.23. The van der Waals surface area contributed by atoms with Crippen molar-refractivity contribution in [2.45, 2.75) is 13.0 Å². The van der Waals surface area contributed by atoms with Crippen LogP contribution in [0.2, 0.25) is 0 Å². The highest BCUT2D eigenvalue weighted by Gasteiger charge is 2.19. The van der Waals surface area contributed by atoms with Crippen LogP contribution in [0.3, 0.4) is 0 Å². The maximum Gasteiger partial charge on any atom is 0.346 e. The van der Waals surface area contributed by atoms with Crippen molar-refractivity contribution in [3.05, 3.63) is 28.5 Å². The maximum absolute atomic E-state index is 11.5. The van der Waals surface area contributed by atoms with Crippen LogP contribution >= 0.6 is 15.9 Å². The van der Waals surface area contributed by atoms with Gasteiger partial charge in [0.2, 0.25) is 0 Å². The fourth-order valence-electron chi connectivity index (χ4n) is 0.966. The predicted octanol–water partition coefficient (Wildman–Crippen LogP) is 1.56. The van der Waals surface area contributed by atoms with Gasteiger partial charge in [-0.1, -0.05) is 0 Å². The molecule has 0 unspecified atom stereocenters. The number of methoxy groups -OCH3 is 1. The van der Waals surface area contributed by atoms with Crippen LogP contribution in [-0.4, -0.2) is 30.1 Å². The molecule has 0 spiro atoms. The molecular weight excluding hydrogens is 278 g/mol. The summed E-state index contributed by atoms with van der Waals surface area (Å²) in [5.41, 5.74) is 0.269. The zero-order valence-electron chi connectivity index (χ0n) is 8.77. The van der Waals surface area contributed by atoms with Crippen LogP contribution in [0.1, 0.15) is 17.3 Å². The van der Waals surface area contributed by atoms with Gasteiger partial charge >= 0.3 is 11.9 Å². The predicted molar refractivity (Wildman–Crippen MR) is 58.8 cm³/mol. The molecule has 86 valence electrons. The Bertz CT molecular complexity index is 408. The lowest BCUT2D eigenvalue weighted by atomic mass is 10.3. The Morgan fingerprint density at radius 3 is 2.69 bits per heavy atom. The van der Waals surface area contributed by atoms with Crippen LogP contribution in [0.25, 0.3) is 0 Å². The Balaban J connectivity index is 2.69. The lowest BCUT2D eigenvalue weighted by molar-refractivity contribution is -0.149. The summed E-state index contributed by atoms with van der Waals surface area (Å²) in [4.78, 5) is 26.4. The number of pyridine rings is 1. The summed E-state index contributed by atoms with van der Waals surface area (Å²) in [6.07, 6.45) is 1.97. The quantitative estimate of drug-likeness (QED) is 0.790. The van der Waals surface area contributed by atoms with Crippen LogP contribution < -0.4 is 0 Å². The van der Waals surface area contributed by atoms with Gasteiger partial charge in [0.05, 0.1) is 12.7 Å². The van der Waals surface area contributed by atoms with Gasteiger partial charge in [0, 0.05) is 16.9 Å². The molecule has 0 radical (unpaired) electrons. The van der Waals surface area contributed by atoms with E-state index in [0.29, 0.717) is 4.47 Å². The minimum Gasteiger partial charge on any atom is -0.466 e. The number of rotatable bonds is 3. The summed E-state index contributed by atoms with van der Waals surface area (Å²) in [7, 11) is 1.23. The van der Waals surface area contributed by atoms with Crippen molar-refractivity contribution in [3.63, 3.8) is 0 Å². The van der Waals surface area contributed by atoms with Crippen LogP contribution in [0, 0.1) is 0 Å². The maximum atomic E-state index is 11.5. The van der Waals surface area contributed by atoms with Gasteiger partial charge in [-0.05, 0) is 28.9 Å². The summed E-state index contributed by atoms with van der Waals surface area (Å²) in [6, 6.07) is 1.55. The van der Waals surface area contributed by atoms with Crippen molar-refractivity contribution in [2.75, 3.05) is 7.11 Å². The minimum absolute atomic E-state index is 0.269. The number of halogens is 1. The van der Waals surface area contributed by atoms with Crippen LogP contribution in [0.15, 0.2) is 22.9 Å². The molecule has 16 heavy (non-hydrogen) atoms. The first kappa shape index (κ1) is 12.6. The molecule has 5 nitrogen and oxygen atoms in total. The number of carbonyl (C=O) groups is 2. The van der Waals surface area contributed by atoms with Crippen molar-refractivity contribution in [2.24, 2.45) is 0 Å². The summed E-state index contributed by atoms with van der Waals surface area (Å²) in [5, 5.41) is 0. The Morgan fingerprint density at radius 1 is 1.44 bits per heavy atom. The fraction of sp³-hybridized carbons (Fsp3) is 0.300. The number of carbonyl (C=O) groups excluding carboxylic acids is 2. The van der Waals surface area contributed by atoms with Crippen molar-refractivity contribution in [1.82, 2.24) is 4.98 Å². The zero-order chi connectivity index (χ0) is 12.1. The molecule has 0 bridgehead atoms. The molecule has 0 aliphatic rings. The average molecular weight is 288 g/mol. The van der Waals surface area contributed by atoms with E-state index in [1.165, 1.54) is 20.2 Å². The largest absolute Gasteiger partial charge is 0.466 e. The van der Waals surface area contributed by atoms with E-state index in [9.17, 15) is 9.59 Å². The van der Waals surface area contributed by atoms with Gasteiger partial charge in [0.1, 0.15) is 0 Å². The topological polar surface area (TPSA) is 65.5 Å². The third kappa shape index (κ3) is 3.30. The molecule has 0 fully saturated rings. The number of ether oxygens (including phenoxy) is 2. The molecule has 0 saturated heterocycles. The van der Waals surface area contributed by atoms with Crippen molar-refractivity contribution < 1.29 is 19.1 Å². The summed E-state index contributed by atoms with van der Waals surface area (Å²) < 4.78 is 9.96. The van der Waals surface area contributed by atoms with Gasteiger partial charge in [-0.25, -0.2) is 9.59 Å². The van der Waals surface area contributed by atoms with E-state index in [0.717, 1.165) is 0 Å². The molecule has 0 saturated carbocycles. The SMILES string of the molecule is COC(=O)[C@@H](C)OC(=O)c1cncc(Br)c1. The van der Waals surface area contributed by atoms with Crippen LogP contribution in [-0.2, 0) is 14.3 Å². The highest BCUT2D eigenvalue weighted by Crippen LogP contribution is 2.11. The molecule has 1 aromatic heterocycles. The highest BCUT2D eigenvalue weighted by atomic mass is 79.9. The normalized spacial score (nSPS) is 11.7. The van der Waals surface area contributed by atoms with Crippen molar-refractivity contribution in [1.29, 1.82) is 0 Å². The summed E-state index contributed by atoms with van der Waals surface area (Å²) >= 11 is 3.18. The van der Waals surface area contributed by atoms with E-state index in [1.807, 2.05) is 0 Å². The number of nitrogens with zero attached hydrogens (tertiary/aromatic N) is 1. The second-order valence-corrected chi connectivity index (χ2v) is 3.88. The van der Waals surface area contributed by atoms with E-state index in [-0.39, 0.29) is 5.56 Å². The molecule has 1 rings (SSSR count). The molecule has 0 aromatic carbocycles. The molecule has 0 aliphatic carbocycles. The monoisotopic (exact) mass is 287 g/mol. The van der Waals surface area contributed by atoms with Gasteiger partial charge in [-0.15, -0.1) is 0 Å². The van der Waals surface area contributed by atoms with E-state index in [2.05, 4.69) is 25.7 Å². The fourth-order valence-corrected chi connectivity index (χ4v) is 1.33.